The molecule has 0 saturated carbocycles. The first-order valence-corrected chi connectivity index (χ1v) is 6.67. The summed E-state index contributed by atoms with van der Waals surface area (Å²) in [4.78, 5) is 20.5. The summed E-state index contributed by atoms with van der Waals surface area (Å²) in [7, 11) is 0. The molecule has 1 N–H and O–H groups in total. The van der Waals surface area contributed by atoms with Crippen molar-refractivity contribution in [3.05, 3.63) is 0 Å². The Labute approximate surface area is 106 Å². The van der Waals surface area contributed by atoms with Gasteiger partial charge in [0.2, 0.25) is 0 Å². The van der Waals surface area contributed by atoms with Gasteiger partial charge in [-0.05, 0) is 19.8 Å². The summed E-state index contributed by atoms with van der Waals surface area (Å²) in [5.74, 6) is -0.521. The largest absolute Gasteiger partial charge is 0.481 e. The lowest BCUT2D eigenvalue weighted by molar-refractivity contribution is -0.141. The van der Waals surface area contributed by atoms with E-state index in [0.29, 0.717) is 5.78 Å². The molecule has 0 aromatic rings. The second kappa shape index (κ2) is 13.2. The third kappa shape index (κ3) is 17.7. The minimum Gasteiger partial charge on any atom is -0.481 e. The van der Waals surface area contributed by atoms with Crippen LogP contribution in [0.3, 0.4) is 0 Å². The van der Waals surface area contributed by atoms with Crippen molar-refractivity contribution >= 4 is 11.8 Å². The molecule has 0 bridgehead atoms. The van der Waals surface area contributed by atoms with E-state index in [1.165, 1.54) is 12.8 Å². The fraction of sp³-hybridized carbons (Fsp3) is 0.857. The van der Waals surface area contributed by atoms with Crippen LogP contribution in [0.2, 0.25) is 0 Å². The van der Waals surface area contributed by atoms with Gasteiger partial charge in [-0.25, -0.2) is 0 Å². The Morgan fingerprint density at radius 2 is 1.59 bits per heavy atom. The summed E-state index contributed by atoms with van der Waals surface area (Å²) in [6.45, 7) is 7.60. The monoisotopic (exact) mass is 244 g/mol. The maximum absolute atomic E-state index is 10.3. The number of carboxylic acid groups (broad SMARTS) is 1. The van der Waals surface area contributed by atoms with Gasteiger partial charge in [-0.2, -0.15) is 0 Å². The van der Waals surface area contributed by atoms with Crippen LogP contribution in [0, 0.1) is 5.92 Å². The Morgan fingerprint density at radius 3 is 1.94 bits per heavy atom. The molecule has 0 aromatic heterocycles. The standard InChI is InChI=1S/C7H14O2.C7H14O/c1-3-4-5-6(2)7(8)9;1-3-4-5-6-7(2)8/h6H,3-5H2,1-2H3,(H,8,9);3-6H2,1-2H3. The summed E-state index contributed by atoms with van der Waals surface area (Å²) >= 11 is 0. The zero-order valence-electron chi connectivity index (χ0n) is 11.8. The first-order chi connectivity index (χ1) is 7.95. The maximum Gasteiger partial charge on any atom is 0.306 e. The summed E-state index contributed by atoms with van der Waals surface area (Å²) in [5.41, 5.74) is 0. The van der Waals surface area contributed by atoms with E-state index in [2.05, 4.69) is 13.8 Å². The van der Waals surface area contributed by atoms with Gasteiger partial charge in [-0.15, -0.1) is 0 Å². The molecular weight excluding hydrogens is 216 g/mol. The molecule has 0 fully saturated rings. The van der Waals surface area contributed by atoms with Crippen molar-refractivity contribution in [3.8, 4) is 0 Å². The molecule has 17 heavy (non-hydrogen) atoms. The van der Waals surface area contributed by atoms with Gasteiger partial charge in [0.25, 0.3) is 0 Å². The number of unbranched alkanes of at least 4 members (excludes halogenated alkanes) is 3. The summed E-state index contributed by atoms with van der Waals surface area (Å²) in [6, 6.07) is 0. The molecule has 1 atom stereocenters. The smallest absolute Gasteiger partial charge is 0.306 e. The van der Waals surface area contributed by atoms with E-state index in [0.717, 1.165) is 32.1 Å². The number of aliphatic carboxylic acids is 1. The van der Waals surface area contributed by atoms with Crippen LogP contribution in [0.5, 0.6) is 0 Å². The Kier molecular flexibility index (Phi) is 14.4. The molecule has 0 spiro atoms. The molecule has 0 saturated heterocycles. The summed E-state index contributed by atoms with van der Waals surface area (Å²) in [6.07, 6.45) is 7.16. The van der Waals surface area contributed by atoms with Crippen molar-refractivity contribution in [1.82, 2.24) is 0 Å². The molecule has 0 aliphatic heterocycles. The fourth-order valence-electron chi connectivity index (χ4n) is 1.26. The average Bonchev–Trinajstić information content (AvgIpc) is 2.26. The van der Waals surface area contributed by atoms with E-state index in [1.54, 1.807) is 13.8 Å². The van der Waals surface area contributed by atoms with Gasteiger partial charge in [-0.1, -0.05) is 46.5 Å². The first kappa shape index (κ1) is 18.5. The zero-order chi connectivity index (χ0) is 13.7. The van der Waals surface area contributed by atoms with Crippen molar-refractivity contribution in [2.24, 2.45) is 5.92 Å². The van der Waals surface area contributed by atoms with Crippen molar-refractivity contribution < 1.29 is 14.7 Å². The highest BCUT2D eigenvalue weighted by atomic mass is 16.4. The Balaban J connectivity index is 0. The quantitative estimate of drug-likeness (QED) is 0.655. The molecule has 3 heteroatoms. The third-order valence-electron chi connectivity index (χ3n) is 2.54. The Bertz CT molecular complexity index is 200. The molecule has 0 aromatic carbocycles. The molecule has 1 unspecified atom stereocenters. The van der Waals surface area contributed by atoms with E-state index in [9.17, 15) is 9.59 Å². The van der Waals surface area contributed by atoms with Crippen molar-refractivity contribution in [2.75, 3.05) is 0 Å². The van der Waals surface area contributed by atoms with Gasteiger partial charge in [0, 0.05) is 6.42 Å². The molecule has 0 rings (SSSR count). The van der Waals surface area contributed by atoms with Gasteiger partial charge < -0.3 is 9.90 Å². The second-order valence-electron chi connectivity index (χ2n) is 4.54. The van der Waals surface area contributed by atoms with Crippen LogP contribution in [0.4, 0.5) is 0 Å². The molecule has 0 radical (unpaired) electrons. The van der Waals surface area contributed by atoms with Gasteiger partial charge in [0.05, 0.1) is 5.92 Å². The zero-order valence-corrected chi connectivity index (χ0v) is 11.8. The van der Waals surface area contributed by atoms with Gasteiger partial charge >= 0.3 is 5.97 Å². The molecule has 0 aliphatic carbocycles. The van der Waals surface area contributed by atoms with Gasteiger partial charge in [0.1, 0.15) is 5.78 Å². The Hall–Kier alpha value is -0.860. The van der Waals surface area contributed by atoms with Crippen LogP contribution < -0.4 is 0 Å². The first-order valence-electron chi connectivity index (χ1n) is 6.67. The molecule has 102 valence electrons. The fourth-order valence-corrected chi connectivity index (χ4v) is 1.26. The minimum absolute atomic E-state index is 0.162. The van der Waals surface area contributed by atoms with Crippen LogP contribution in [0.15, 0.2) is 0 Å². The molecule has 0 aliphatic rings. The summed E-state index contributed by atoms with van der Waals surface area (Å²) < 4.78 is 0. The number of carbonyl (C=O) groups is 2. The number of carbonyl (C=O) groups excluding carboxylic acids is 1. The van der Waals surface area contributed by atoms with Gasteiger partial charge in [0.15, 0.2) is 0 Å². The van der Waals surface area contributed by atoms with Gasteiger partial charge in [-0.3, -0.25) is 4.79 Å². The highest BCUT2D eigenvalue weighted by Gasteiger charge is 2.08. The lowest BCUT2D eigenvalue weighted by Gasteiger charge is -2.02. The number of rotatable bonds is 8. The number of hydrogen-bond acceptors (Lipinski definition) is 2. The van der Waals surface area contributed by atoms with Crippen molar-refractivity contribution in [3.63, 3.8) is 0 Å². The van der Waals surface area contributed by atoms with E-state index >= 15 is 0 Å². The van der Waals surface area contributed by atoms with E-state index in [4.69, 9.17) is 5.11 Å². The van der Waals surface area contributed by atoms with Crippen LogP contribution in [0.25, 0.3) is 0 Å². The average molecular weight is 244 g/mol. The highest BCUT2D eigenvalue weighted by molar-refractivity contribution is 5.75. The number of ketones is 1. The third-order valence-corrected chi connectivity index (χ3v) is 2.54. The minimum atomic E-state index is -0.677. The SMILES string of the molecule is CCCCC(C)C(=O)O.CCCCCC(C)=O. The van der Waals surface area contributed by atoms with Crippen LogP contribution in [-0.2, 0) is 9.59 Å². The number of hydrogen-bond donors (Lipinski definition) is 1. The maximum atomic E-state index is 10.3. The molecule has 3 nitrogen and oxygen atoms in total. The molecule has 0 amide bonds. The van der Waals surface area contributed by atoms with Crippen LogP contribution in [0.1, 0.15) is 72.6 Å². The normalized spacial score (nSPS) is 11.3. The molecule has 0 heterocycles. The van der Waals surface area contributed by atoms with Crippen LogP contribution >= 0.6 is 0 Å². The second-order valence-corrected chi connectivity index (χ2v) is 4.54. The van der Waals surface area contributed by atoms with Crippen LogP contribution in [-0.4, -0.2) is 16.9 Å². The van der Waals surface area contributed by atoms with Crippen molar-refractivity contribution in [1.29, 1.82) is 0 Å². The molecular formula is C14H28O3. The predicted octanol–water partition coefficient (Wildman–Crippen LogP) is 4.05. The van der Waals surface area contributed by atoms with E-state index < -0.39 is 5.97 Å². The van der Waals surface area contributed by atoms with Crippen molar-refractivity contribution in [2.45, 2.75) is 72.6 Å². The lowest BCUT2D eigenvalue weighted by atomic mass is 10.1. The predicted molar refractivity (Wildman–Crippen MR) is 71.1 cm³/mol. The highest BCUT2D eigenvalue weighted by Crippen LogP contribution is 2.06. The van der Waals surface area contributed by atoms with E-state index in [1.807, 2.05) is 0 Å². The number of carboxylic acids is 1. The topological polar surface area (TPSA) is 54.4 Å². The Morgan fingerprint density at radius 1 is 1.06 bits per heavy atom. The lowest BCUT2D eigenvalue weighted by Crippen LogP contribution is -2.08. The summed E-state index contributed by atoms with van der Waals surface area (Å²) in [5, 5.41) is 8.41. The number of Topliss-reactive ketones (excluding diaryl/α,β-unsaturated/α-hetero) is 1. The van der Waals surface area contributed by atoms with E-state index in [-0.39, 0.29) is 5.92 Å².